The molecule has 0 aliphatic carbocycles. The van der Waals surface area contributed by atoms with Gasteiger partial charge in [0.05, 0.1) is 39.5 Å². The molecule has 6 heterocycles. The lowest BCUT2D eigenvalue weighted by Crippen LogP contribution is -1.96. The first-order chi connectivity index (χ1) is 23.3. The van der Waals surface area contributed by atoms with Gasteiger partial charge in [0.2, 0.25) is 0 Å². The third-order valence-corrected chi connectivity index (χ3v) is 8.57. The molecule has 6 heteroatoms. The summed E-state index contributed by atoms with van der Waals surface area (Å²) in [5.74, 6) is 0. The van der Waals surface area contributed by atoms with E-state index in [9.17, 15) is 0 Å². The van der Waals surface area contributed by atoms with Crippen molar-refractivity contribution in [3.63, 3.8) is 0 Å². The molecule has 47 heavy (non-hydrogen) atoms. The van der Waals surface area contributed by atoms with Gasteiger partial charge in [-0.1, -0.05) is 66.7 Å². The van der Waals surface area contributed by atoms with Crippen LogP contribution in [0.5, 0.6) is 0 Å². The van der Waals surface area contributed by atoms with E-state index in [0.717, 1.165) is 72.7 Å². The van der Waals surface area contributed by atoms with Crippen molar-refractivity contribution in [3.8, 4) is 50.8 Å². The van der Waals surface area contributed by atoms with Crippen LogP contribution in [0.1, 0.15) is 0 Å². The van der Waals surface area contributed by atoms with Crippen molar-refractivity contribution < 1.29 is 0 Å². The van der Waals surface area contributed by atoms with E-state index in [1.54, 1.807) is 6.20 Å². The number of hydrogen-bond acceptors (Lipinski definition) is 5. The summed E-state index contributed by atoms with van der Waals surface area (Å²) in [6.45, 7) is 0. The molecule has 0 fully saturated rings. The maximum atomic E-state index is 5.09. The van der Waals surface area contributed by atoms with Crippen molar-refractivity contribution >= 4 is 32.8 Å². The largest absolute Gasteiger partial charge is 0.309 e. The maximum Gasteiger partial charge on any atom is 0.160 e. The van der Waals surface area contributed by atoms with E-state index in [1.807, 2.05) is 60.9 Å². The highest BCUT2D eigenvalue weighted by Gasteiger charge is 2.14. The molecule has 6 aromatic heterocycles. The standard InChI is InChI=1S/C41H26N6/c1-2-8-27(9-3-1)34-19-15-29-16-20-35(46-41(29)45-34)30-24-37(44-38(25-30)36-11-6-7-22-43-36)28-13-17-31(18-14-28)47-39-12-5-4-10-32(39)33-26-42-23-21-40(33)47/h1-26H. The smallest absolute Gasteiger partial charge is 0.160 e. The predicted molar refractivity (Wildman–Crippen MR) is 189 cm³/mol. The van der Waals surface area contributed by atoms with Crippen molar-refractivity contribution in [1.82, 2.24) is 29.5 Å². The second-order valence-corrected chi connectivity index (χ2v) is 11.4. The topological polar surface area (TPSA) is 69.4 Å². The highest BCUT2D eigenvalue weighted by molar-refractivity contribution is 6.08. The van der Waals surface area contributed by atoms with E-state index in [-0.39, 0.29) is 0 Å². The van der Waals surface area contributed by atoms with E-state index in [1.165, 1.54) is 5.39 Å². The van der Waals surface area contributed by atoms with Gasteiger partial charge >= 0.3 is 0 Å². The highest BCUT2D eigenvalue weighted by atomic mass is 15.0. The molecular weight excluding hydrogens is 576 g/mol. The molecule has 0 unspecified atom stereocenters. The van der Waals surface area contributed by atoms with Gasteiger partial charge in [0, 0.05) is 57.1 Å². The minimum Gasteiger partial charge on any atom is -0.309 e. The van der Waals surface area contributed by atoms with E-state index < -0.39 is 0 Å². The third kappa shape index (κ3) is 4.80. The number of pyridine rings is 5. The summed E-state index contributed by atoms with van der Waals surface area (Å²) in [6, 6.07) is 47.6. The Kier molecular flexibility index (Phi) is 6.35. The predicted octanol–water partition coefficient (Wildman–Crippen LogP) is 9.58. The van der Waals surface area contributed by atoms with E-state index in [0.29, 0.717) is 5.65 Å². The quantitative estimate of drug-likeness (QED) is 0.196. The van der Waals surface area contributed by atoms with Crippen LogP contribution < -0.4 is 0 Å². The second kappa shape index (κ2) is 11.1. The fourth-order valence-electron chi connectivity index (χ4n) is 6.28. The lowest BCUT2D eigenvalue weighted by Gasteiger charge is -2.12. The maximum absolute atomic E-state index is 5.09. The van der Waals surface area contributed by atoms with Crippen LogP contribution in [-0.2, 0) is 0 Å². The van der Waals surface area contributed by atoms with Crippen LogP contribution in [0, 0.1) is 0 Å². The van der Waals surface area contributed by atoms with Crippen LogP contribution in [0.2, 0.25) is 0 Å². The summed E-state index contributed by atoms with van der Waals surface area (Å²) < 4.78 is 2.29. The minimum absolute atomic E-state index is 0.701. The number of nitrogens with zero attached hydrogens (tertiary/aromatic N) is 6. The molecule has 0 bridgehead atoms. The van der Waals surface area contributed by atoms with Crippen molar-refractivity contribution in [2.75, 3.05) is 0 Å². The monoisotopic (exact) mass is 602 g/mol. The highest BCUT2D eigenvalue weighted by Crippen LogP contribution is 2.34. The zero-order chi connectivity index (χ0) is 31.2. The van der Waals surface area contributed by atoms with E-state index in [2.05, 4.69) is 106 Å². The number of para-hydroxylation sites is 1. The van der Waals surface area contributed by atoms with Gasteiger partial charge in [0.25, 0.3) is 0 Å². The molecule has 0 spiro atoms. The molecule has 9 rings (SSSR count). The second-order valence-electron chi connectivity index (χ2n) is 11.4. The van der Waals surface area contributed by atoms with Gasteiger partial charge in [0.1, 0.15) is 0 Å². The van der Waals surface area contributed by atoms with Crippen LogP contribution in [0.25, 0.3) is 83.7 Å². The molecule has 0 N–H and O–H groups in total. The molecule has 0 saturated carbocycles. The molecule has 220 valence electrons. The fraction of sp³-hybridized carbons (Fsp3) is 0. The molecular formula is C41H26N6. The van der Waals surface area contributed by atoms with Crippen LogP contribution in [-0.4, -0.2) is 29.5 Å². The Bertz CT molecular complexity index is 2500. The molecule has 0 radical (unpaired) electrons. The van der Waals surface area contributed by atoms with Crippen molar-refractivity contribution in [2.45, 2.75) is 0 Å². The average molecular weight is 603 g/mol. The first-order valence-electron chi connectivity index (χ1n) is 15.5. The number of hydrogen-bond donors (Lipinski definition) is 0. The van der Waals surface area contributed by atoms with Gasteiger partial charge in [-0.15, -0.1) is 0 Å². The molecule has 0 aliphatic heterocycles. The summed E-state index contributed by atoms with van der Waals surface area (Å²) in [6.07, 6.45) is 5.58. The van der Waals surface area contributed by atoms with Gasteiger partial charge in [-0.05, 0) is 72.8 Å². The Morgan fingerprint density at radius 2 is 1.13 bits per heavy atom. The van der Waals surface area contributed by atoms with E-state index >= 15 is 0 Å². The Morgan fingerprint density at radius 3 is 1.94 bits per heavy atom. The molecule has 3 aromatic carbocycles. The Balaban J connectivity index is 1.16. The molecule has 0 saturated heterocycles. The van der Waals surface area contributed by atoms with Crippen molar-refractivity contribution in [1.29, 1.82) is 0 Å². The Morgan fingerprint density at radius 1 is 0.426 bits per heavy atom. The van der Waals surface area contributed by atoms with Gasteiger partial charge in [-0.2, -0.15) is 0 Å². The Labute approximate surface area is 270 Å². The van der Waals surface area contributed by atoms with Crippen LogP contribution >= 0.6 is 0 Å². The number of benzene rings is 3. The van der Waals surface area contributed by atoms with Crippen LogP contribution in [0.4, 0.5) is 0 Å². The number of aromatic nitrogens is 6. The van der Waals surface area contributed by atoms with Gasteiger partial charge in [0.15, 0.2) is 5.65 Å². The number of rotatable bonds is 5. The summed E-state index contributed by atoms with van der Waals surface area (Å²) in [7, 11) is 0. The molecule has 9 aromatic rings. The Hall–Kier alpha value is -6.53. The average Bonchev–Trinajstić information content (AvgIpc) is 3.49. The zero-order valence-corrected chi connectivity index (χ0v) is 25.2. The fourth-order valence-corrected chi connectivity index (χ4v) is 6.28. The lowest BCUT2D eigenvalue weighted by atomic mass is 10.0. The SMILES string of the molecule is c1ccc(-c2ccc3ccc(-c4cc(-c5ccc(-n6c7ccccc7c7cnccc76)cc5)nc(-c5ccccn5)c4)nc3n2)cc1. The first kappa shape index (κ1) is 26.8. The molecule has 0 atom stereocenters. The summed E-state index contributed by atoms with van der Waals surface area (Å²) >= 11 is 0. The normalized spacial score (nSPS) is 11.4. The lowest BCUT2D eigenvalue weighted by molar-refractivity contribution is 1.17. The summed E-state index contributed by atoms with van der Waals surface area (Å²) in [4.78, 5) is 24.1. The molecule has 6 nitrogen and oxygen atoms in total. The van der Waals surface area contributed by atoms with Gasteiger partial charge < -0.3 is 4.57 Å². The van der Waals surface area contributed by atoms with Crippen molar-refractivity contribution in [3.05, 3.63) is 158 Å². The summed E-state index contributed by atoms with van der Waals surface area (Å²) in [5, 5.41) is 3.31. The zero-order valence-electron chi connectivity index (χ0n) is 25.2. The molecule has 0 amide bonds. The third-order valence-electron chi connectivity index (χ3n) is 8.57. The van der Waals surface area contributed by atoms with Gasteiger partial charge in [-0.3, -0.25) is 9.97 Å². The van der Waals surface area contributed by atoms with Crippen molar-refractivity contribution in [2.24, 2.45) is 0 Å². The molecule has 0 aliphatic rings. The van der Waals surface area contributed by atoms with Crippen LogP contribution in [0.15, 0.2) is 158 Å². The first-order valence-corrected chi connectivity index (χ1v) is 15.5. The van der Waals surface area contributed by atoms with E-state index in [4.69, 9.17) is 15.0 Å². The summed E-state index contributed by atoms with van der Waals surface area (Å²) in [5.41, 5.74) is 11.2. The van der Waals surface area contributed by atoms with Gasteiger partial charge in [-0.25, -0.2) is 15.0 Å². The minimum atomic E-state index is 0.701. The van der Waals surface area contributed by atoms with Crippen LogP contribution in [0.3, 0.4) is 0 Å². The number of fused-ring (bicyclic) bond motifs is 4.